The molecule has 0 bridgehead atoms. The lowest BCUT2D eigenvalue weighted by molar-refractivity contribution is 0.672. The lowest BCUT2D eigenvalue weighted by Crippen LogP contribution is -1.75. The van der Waals surface area contributed by atoms with Gasteiger partial charge in [0.1, 0.15) is 0 Å². The van der Waals surface area contributed by atoms with Crippen molar-refractivity contribution in [2.45, 2.75) is 39.0 Å². The summed E-state index contributed by atoms with van der Waals surface area (Å²) in [4.78, 5) is 0. The van der Waals surface area contributed by atoms with E-state index < -0.39 is 0 Å². The number of rotatable bonds is 5. The number of allylic oxidation sites excluding steroid dienone is 1. The minimum Gasteiger partial charge on any atom is -0.0898 e. The van der Waals surface area contributed by atoms with Crippen LogP contribution >= 0.6 is 11.6 Å². The summed E-state index contributed by atoms with van der Waals surface area (Å²) >= 11 is 5.56. The van der Waals surface area contributed by atoms with Crippen LogP contribution < -0.4 is 0 Å². The highest BCUT2D eigenvalue weighted by Crippen LogP contribution is 2.10. The van der Waals surface area contributed by atoms with Gasteiger partial charge in [-0.3, -0.25) is 0 Å². The molecule has 0 amide bonds. The molecule has 0 spiro atoms. The van der Waals surface area contributed by atoms with E-state index in [0.29, 0.717) is 0 Å². The second kappa shape index (κ2) is 6.15. The summed E-state index contributed by atoms with van der Waals surface area (Å²) in [5, 5.41) is 0.797. The van der Waals surface area contributed by atoms with Crippen LogP contribution in [0.4, 0.5) is 0 Å². The molecule has 9 heavy (non-hydrogen) atoms. The number of hydrogen-bond acceptors (Lipinski definition) is 0. The van der Waals surface area contributed by atoms with E-state index in [0.717, 1.165) is 11.5 Å². The minimum atomic E-state index is 0.797. The molecule has 0 aliphatic carbocycles. The van der Waals surface area contributed by atoms with Gasteiger partial charge < -0.3 is 0 Å². The Hall–Kier alpha value is 0.0300. The first-order valence-electron chi connectivity index (χ1n) is 3.60. The van der Waals surface area contributed by atoms with Crippen LogP contribution in [0, 0.1) is 0 Å². The molecule has 0 rings (SSSR count). The summed E-state index contributed by atoms with van der Waals surface area (Å²) in [5.74, 6) is 0. The van der Waals surface area contributed by atoms with Crippen molar-refractivity contribution in [1.82, 2.24) is 0 Å². The quantitative estimate of drug-likeness (QED) is 0.519. The average molecular weight is 147 g/mol. The smallest absolute Gasteiger partial charge is 0.0109 e. The Morgan fingerprint density at radius 2 is 2.00 bits per heavy atom. The van der Waals surface area contributed by atoms with Gasteiger partial charge in [-0.15, -0.1) is 0 Å². The van der Waals surface area contributed by atoms with Gasteiger partial charge in [-0.05, 0) is 12.8 Å². The molecule has 0 atom stereocenters. The minimum absolute atomic E-state index is 0.797. The van der Waals surface area contributed by atoms with Crippen LogP contribution in [0.25, 0.3) is 0 Å². The van der Waals surface area contributed by atoms with Crippen molar-refractivity contribution >= 4 is 11.6 Å². The van der Waals surface area contributed by atoms with E-state index in [1.54, 1.807) is 0 Å². The van der Waals surface area contributed by atoms with E-state index >= 15 is 0 Å². The standard InChI is InChI=1S/C8H15Cl/c1-3-4-5-6-7-8(2)9/h2-7H2,1H3. The summed E-state index contributed by atoms with van der Waals surface area (Å²) in [6.45, 7) is 5.82. The van der Waals surface area contributed by atoms with Gasteiger partial charge in [-0.2, -0.15) is 0 Å². The van der Waals surface area contributed by atoms with Crippen LogP contribution in [0.15, 0.2) is 11.6 Å². The summed E-state index contributed by atoms with van der Waals surface area (Å²) in [7, 11) is 0. The van der Waals surface area contributed by atoms with E-state index in [1.165, 1.54) is 25.7 Å². The summed E-state index contributed by atoms with van der Waals surface area (Å²) < 4.78 is 0. The lowest BCUT2D eigenvalue weighted by Gasteiger charge is -1.95. The van der Waals surface area contributed by atoms with Gasteiger partial charge in [0, 0.05) is 5.03 Å². The Balaban J connectivity index is 2.83. The van der Waals surface area contributed by atoms with Gasteiger partial charge in [0.25, 0.3) is 0 Å². The summed E-state index contributed by atoms with van der Waals surface area (Å²) in [6, 6.07) is 0. The summed E-state index contributed by atoms with van der Waals surface area (Å²) in [5.41, 5.74) is 0. The van der Waals surface area contributed by atoms with Gasteiger partial charge in [0.15, 0.2) is 0 Å². The molecule has 0 aliphatic heterocycles. The van der Waals surface area contributed by atoms with Crippen LogP contribution in [0.3, 0.4) is 0 Å². The normalized spacial score (nSPS) is 9.56. The van der Waals surface area contributed by atoms with Crippen LogP contribution in [0.1, 0.15) is 39.0 Å². The first-order valence-corrected chi connectivity index (χ1v) is 3.98. The molecule has 0 heterocycles. The second-order valence-electron chi connectivity index (χ2n) is 2.33. The number of halogens is 1. The third kappa shape index (κ3) is 8.03. The molecule has 0 fully saturated rings. The maximum atomic E-state index is 5.56. The molecule has 54 valence electrons. The molecule has 0 saturated heterocycles. The molecule has 0 unspecified atom stereocenters. The van der Waals surface area contributed by atoms with Gasteiger partial charge in [0.2, 0.25) is 0 Å². The zero-order chi connectivity index (χ0) is 7.11. The van der Waals surface area contributed by atoms with Crippen LogP contribution in [-0.2, 0) is 0 Å². The highest BCUT2D eigenvalue weighted by atomic mass is 35.5. The van der Waals surface area contributed by atoms with E-state index in [2.05, 4.69) is 13.5 Å². The van der Waals surface area contributed by atoms with Gasteiger partial charge >= 0.3 is 0 Å². The molecule has 0 saturated carbocycles. The van der Waals surface area contributed by atoms with E-state index in [-0.39, 0.29) is 0 Å². The van der Waals surface area contributed by atoms with Gasteiger partial charge in [-0.25, -0.2) is 0 Å². The molecule has 0 aromatic heterocycles. The highest BCUT2D eigenvalue weighted by molar-refractivity contribution is 6.29. The molecular weight excluding hydrogens is 132 g/mol. The molecule has 0 aromatic rings. The summed E-state index contributed by atoms with van der Waals surface area (Å²) in [6.07, 6.45) is 6.10. The van der Waals surface area contributed by atoms with E-state index in [1.807, 2.05) is 0 Å². The zero-order valence-electron chi connectivity index (χ0n) is 6.12. The first-order chi connectivity index (χ1) is 4.27. The SMILES string of the molecule is C=C(Cl)CCCCCC. The Labute approximate surface area is 62.9 Å². The van der Waals surface area contributed by atoms with Crippen molar-refractivity contribution in [2.24, 2.45) is 0 Å². The zero-order valence-corrected chi connectivity index (χ0v) is 6.88. The Bertz CT molecular complexity index is 76.6. The largest absolute Gasteiger partial charge is 0.0898 e. The molecule has 0 nitrogen and oxygen atoms in total. The monoisotopic (exact) mass is 146 g/mol. The van der Waals surface area contributed by atoms with E-state index in [4.69, 9.17) is 11.6 Å². The predicted molar refractivity (Wildman–Crippen MR) is 43.8 cm³/mol. The molecular formula is C8H15Cl. The number of hydrogen-bond donors (Lipinski definition) is 0. The Kier molecular flexibility index (Phi) is 6.18. The molecule has 0 aromatic carbocycles. The molecule has 0 radical (unpaired) electrons. The van der Waals surface area contributed by atoms with Crippen molar-refractivity contribution in [1.29, 1.82) is 0 Å². The van der Waals surface area contributed by atoms with Crippen LogP contribution in [0.5, 0.6) is 0 Å². The second-order valence-corrected chi connectivity index (χ2v) is 2.86. The van der Waals surface area contributed by atoms with Crippen LogP contribution in [0.2, 0.25) is 0 Å². The van der Waals surface area contributed by atoms with Crippen molar-refractivity contribution in [3.63, 3.8) is 0 Å². The Morgan fingerprint density at radius 3 is 2.44 bits per heavy atom. The first kappa shape index (κ1) is 9.03. The van der Waals surface area contributed by atoms with Crippen molar-refractivity contribution in [3.8, 4) is 0 Å². The van der Waals surface area contributed by atoms with Crippen molar-refractivity contribution < 1.29 is 0 Å². The highest BCUT2D eigenvalue weighted by Gasteiger charge is 1.88. The fourth-order valence-electron chi connectivity index (χ4n) is 0.744. The maximum Gasteiger partial charge on any atom is 0.0109 e. The molecule has 0 aliphatic rings. The molecule has 0 N–H and O–H groups in total. The van der Waals surface area contributed by atoms with Crippen molar-refractivity contribution in [3.05, 3.63) is 11.6 Å². The third-order valence-corrected chi connectivity index (χ3v) is 1.49. The third-order valence-electron chi connectivity index (χ3n) is 1.30. The van der Waals surface area contributed by atoms with Gasteiger partial charge in [-0.1, -0.05) is 44.4 Å². The molecule has 1 heteroatoms. The van der Waals surface area contributed by atoms with Crippen molar-refractivity contribution in [2.75, 3.05) is 0 Å². The van der Waals surface area contributed by atoms with Crippen LogP contribution in [-0.4, -0.2) is 0 Å². The number of unbranched alkanes of at least 4 members (excludes halogenated alkanes) is 3. The van der Waals surface area contributed by atoms with E-state index in [9.17, 15) is 0 Å². The fraction of sp³-hybridized carbons (Fsp3) is 0.750. The van der Waals surface area contributed by atoms with Gasteiger partial charge in [0.05, 0.1) is 0 Å². The predicted octanol–water partition coefficient (Wildman–Crippen LogP) is 3.71. The lowest BCUT2D eigenvalue weighted by atomic mass is 10.1. The fourth-order valence-corrected chi connectivity index (χ4v) is 0.877. The Morgan fingerprint density at radius 1 is 1.33 bits per heavy atom. The topological polar surface area (TPSA) is 0 Å². The maximum absolute atomic E-state index is 5.56. The average Bonchev–Trinajstić information content (AvgIpc) is 1.80.